The van der Waals surface area contributed by atoms with Gasteiger partial charge in [0.05, 0.1) is 18.4 Å². The van der Waals surface area contributed by atoms with Gasteiger partial charge in [0.2, 0.25) is 0 Å². The molecule has 2 heterocycles. The fourth-order valence-corrected chi connectivity index (χ4v) is 2.68. The van der Waals surface area contributed by atoms with Gasteiger partial charge in [0.1, 0.15) is 11.3 Å². The number of amides is 1. The van der Waals surface area contributed by atoms with Crippen LogP contribution >= 0.6 is 11.3 Å². The molecule has 3 aromatic rings. The van der Waals surface area contributed by atoms with Crippen LogP contribution in [0.3, 0.4) is 0 Å². The minimum absolute atomic E-state index is 0.193. The van der Waals surface area contributed by atoms with E-state index in [0.29, 0.717) is 12.1 Å². The minimum atomic E-state index is -0.193. The van der Waals surface area contributed by atoms with Gasteiger partial charge < -0.3 is 15.1 Å². The van der Waals surface area contributed by atoms with E-state index in [0.717, 1.165) is 22.1 Å². The number of aromatic nitrogens is 1. The summed E-state index contributed by atoms with van der Waals surface area (Å²) in [6.07, 6.45) is 2.89. The van der Waals surface area contributed by atoms with Gasteiger partial charge in [-0.1, -0.05) is 6.07 Å². The summed E-state index contributed by atoms with van der Waals surface area (Å²) >= 11 is 1.63. The molecule has 0 aliphatic heterocycles. The average molecular weight is 313 g/mol. The van der Waals surface area contributed by atoms with E-state index in [4.69, 9.17) is 4.42 Å². The number of anilines is 2. The first kappa shape index (κ1) is 14.3. The highest BCUT2D eigenvalue weighted by molar-refractivity contribution is 7.09. The molecule has 0 saturated heterocycles. The lowest BCUT2D eigenvalue weighted by Gasteiger charge is -2.08. The molecule has 5 nitrogen and oxygen atoms in total. The Morgan fingerprint density at radius 1 is 1.32 bits per heavy atom. The van der Waals surface area contributed by atoms with E-state index < -0.39 is 0 Å². The van der Waals surface area contributed by atoms with Gasteiger partial charge in [0.25, 0.3) is 5.91 Å². The molecule has 1 aromatic carbocycles. The molecule has 2 aromatic heterocycles. The van der Waals surface area contributed by atoms with Crippen molar-refractivity contribution in [2.45, 2.75) is 13.5 Å². The summed E-state index contributed by atoms with van der Waals surface area (Å²) in [4.78, 5) is 16.4. The van der Waals surface area contributed by atoms with Crippen LogP contribution in [0, 0.1) is 6.92 Å². The fourth-order valence-electron chi connectivity index (χ4n) is 1.97. The molecule has 6 heteroatoms. The number of rotatable bonds is 5. The number of thiazole rings is 1. The molecule has 0 atom stereocenters. The molecule has 0 unspecified atom stereocenters. The summed E-state index contributed by atoms with van der Waals surface area (Å²) in [6.45, 7) is 2.64. The molecule has 0 fully saturated rings. The third-order valence-corrected chi connectivity index (χ3v) is 3.98. The van der Waals surface area contributed by atoms with Crippen LogP contribution in [0.15, 0.2) is 52.7 Å². The smallest absolute Gasteiger partial charge is 0.258 e. The van der Waals surface area contributed by atoms with Crippen LogP contribution in [-0.2, 0) is 6.54 Å². The normalized spacial score (nSPS) is 10.4. The Morgan fingerprint density at radius 2 is 2.18 bits per heavy atom. The van der Waals surface area contributed by atoms with Crippen molar-refractivity contribution in [3.05, 3.63) is 64.5 Å². The number of carbonyl (C=O) groups is 1. The minimum Gasteiger partial charge on any atom is -0.472 e. The summed E-state index contributed by atoms with van der Waals surface area (Å²) < 4.78 is 4.91. The Balaban J connectivity index is 1.63. The molecule has 2 N–H and O–H groups in total. The van der Waals surface area contributed by atoms with Crippen molar-refractivity contribution < 1.29 is 9.21 Å². The lowest BCUT2D eigenvalue weighted by molar-refractivity contribution is 0.102. The maximum absolute atomic E-state index is 12.0. The molecule has 0 aliphatic carbocycles. The van der Waals surface area contributed by atoms with Gasteiger partial charge in [-0.3, -0.25) is 4.79 Å². The van der Waals surface area contributed by atoms with E-state index in [1.54, 1.807) is 17.4 Å². The Morgan fingerprint density at radius 3 is 2.91 bits per heavy atom. The number of hydrogen-bond donors (Lipinski definition) is 2. The zero-order valence-corrected chi connectivity index (χ0v) is 12.8. The zero-order chi connectivity index (χ0) is 15.4. The second kappa shape index (κ2) is 6.44. The third kappa shape index (κ3) is 3.53. The highest BCUT2D eigenvalue weighted by atomic mass is 32.1. The van der Waals surface area contributed by atoms with Crippen molar-refractivity contribution in [2.75, 3.05) is 10.6 Å². The summed E-state index contributed by atoms with van der Waals surface area (Å²) in [5.41, 5.74) is 3.18. The number of nitrogens with one attached hydrogen (secondary N) is 2. The number of furan rings is 1. The number of aryl methyl sites for hydroxylation is 1. The van der Waals surface area contributed by atoms with E-state index in [2.05, 4.69) is 15.6 Å². The Labute approximate surface area is 132 Å². The Bertz CT molecular complexity index is 765. The van der Waals surface area contributed by atoms with Crippen LogP contribution in [0.5, 0.6) is 0 Å². The van der Waals surface area contributed by atoms with Gasteiger partial charge in [-0.05, 0) is 31.2 Å². The molecule has 0 saturated carbocycles. The van der Waals surface area contributed by atoms with E-state index in [-0.39, 0.29) is 5.91 Å². The second-order valence-electron chi connectivity index (χ2n) is 4.78. The molecule has 22 heavy (non-hydrogen) atoms. The van der Waals surface area contributed by atoms with E-state index in [9.17, 15) is 4.79 Å². The molecule has 3 rings (SSSR count). The van der Waals surface area contributed by atoms with Crippen molar-refractivity contribution in [3.63, 3.8) is 0 Å². The first-order chi connectivity index (χ1) is 10.7. The van der Waals surface area contributed by atoms with Gasteiger partial charge in [-0.25, -0.2) is 4.98 Å². The molecule has 0 bridgehead atoms. The molecular formula is C16H15N3O2S. The predicted octanol–water partition coefficient (Wildman–Crippen LogP) is 3.91. The molecule has 0 aliphatic rings. The molecule has 0 radical (unpaired) electrons. The highest BCUT2D eigenvalue weighted by Crippen LogP contribution is 2.18. The molecule has 0 spiro atoms. The van der Waals surface area contributed by atoms with Crippen molar-refractivity contribution in [3.8, 4) is 0 Å². The van der Waals surface area contributed by atoms with Crippen molar-refractivity contribution in [2.24, 2.45) is 0 Å². The van der Waals surface area contributed by atoms with Gasteiger partial charge >= 0.3 is 0 Å². The third-order valence-electron chi connectivity index (χ3n) is 3.01. The Hall–Kier alpha value is -2.60. The topological polar surface area (TPSA) is 67.2 Å². The molecule has 1 amide bonds. The van der Waals surface area contributed by atoms with Crippen LogP contribution in [0.4, 0.5) is 11.4 Å². The fraction of sp³-hybridized carbons (Fsp3) is 0.125. The highest BCUT2D eigenvalue weighted by Gasteiger charge is 2.07. The largest absolute Gasteiger partial charge is 0.472 e. The van der Waals surface area contributed by atoms with Crippen LogP contribution in [0.2, 0.25) is 0 Å². The quantitative estimate of drug-likeness (QED) is 0.749. The summed E-state index contributed by atoms with van der Waals surface area (Å²) in [6, 6.07) is 9.20. The second-order valence-corrected chi connectivity index (χ2v) is 5.73. The van der Waals surface area contributed by atoms with Crippen molar-refractivity contribution in [1.29, 1.82) is 0 Å². The number of nitrogens with zero attached hydrogens (tertiary/aromatic N) is 1. The maximum atomic E-state index is 12.0. The SMILES string of the molecule is Cc1csc(CNc2cccc(NC(=O)c3ccoc3)c2)n1. The number of benzene rings is 1. The van der Waals surface area contributed by atoms with Crippen LogP contribution in [-0.4, -0.2) is 10.9 Å². The van der Waals surface area contributed by atoms with E-state index >= 15 is 0 Å². The summed E-state index contributed by atoms with van der Waals surface area (Å²) in [7, 11) is 0. The first-order valence-corrected chi connectivity index (χ1v) is 7.67. The molecular weight excluding hydrogens is 298 g/mol. The van der Waals surface area contributed by atoms with Crippen LogP contribution in [0.25, 0.3) is 0 Å². The van der Waals surface area contributed by atoms with Crippen molar-refractivity contribution >= 4 is 28.6 Å². The summed E-state index contributed by atoms with van der Waals surface area (Å²) in [5, 5.41) is 9.19. The van der Waals surface area contributed by atoms with Crippen LogP contribution < -0.4 is 10.6 Å². The van der Waals surface area contributed by atoms with Gasteiger partial charge in [0.15, 0.2) is 0 Å². The standard InChI is InChI=1S/C16H15N3O2S/c1-11-10-22-15(18-11)8-17-13-3-2-4-14(7-13)19-16(20)12-5-6-21-9-12/h2-7,9-10,17H,8H2,1H3,(H,19,20). The van der Waals surface area contributed by atoms with Gasteiger partial charge in [0, 0.05) is 22.4 Å². The van der Waals surface area contributed by atoms with Gasteiger partial charge in [-0.15, -0.1) is 11.3 Å². The molecule has 112 valence electrons. The van der Waals surface area contributed by atoms with E-state index in [1.807, 2.05) is 36.6 Å². The zero-order valence-electron chi connectivity index (χ0n) is 12.0. The average Bonchev–Trinajstić information content (AvgIpc) is 3.17. The predicted molar refractivity (Wildman–Crippen MR) is 87.3 cm³/mol. The van der Waals surface area contributed by atoms with E-state index in [1.165, 1.54) is 12.5 Å². The van der Waals surface area contributed by atoms with Gasteiger partial charge in [-0.2, -0.15) is 0 Å². The van der Waals surface area contributed by atoms with Crippen LogP contribution in [0.1, 0.15) is 21.1 Å². The number of hydrogen-bond acceptors (Lipinski definition) is 5. The first-order valence-electron chi connectivity index (χ1n) is 6.79. The monoisotopic (exact) mass is 313 g/mol. The summed E-state index contributed by atoms with van der Waals surface area (Å²) in [5.74, 6) is -0.193. The lowest BCUT2D eigenvalue weighted by atomic mass is 10.2. The maximum Gasteiger partial charge on any atom is 0.258 e. The lowest BCUT2D eigenvalue weighted by Crippen LogP contribution is -2.11. The van der Waals surface area contributed by atoms with Crippen molar-refractivity contribution in [1.82, 2.24) is 4.98 Å². The Kier molecular flexibility index (Phi) is 4.20. The number of carbonyl (C=O) groups excluding carboxylic acids is 1.